The third-order valence-corrected chi connectivity index (χ3v) is 6.61. The van der Waals surface area contributed by atoms with Gasteiger partial charge in [0.1, 0.15) is 0 Å². The van der Waals surface area contributed by atoms with Crippen molar-refractivity contribution in [2.45, 2.75) is 96.7 Å². The van der Waals surface area contributed by atoms with Gasteiger partial charge in [-0.25, -0.2) is 9.67 Å². The lowest BCUT2D eigenvalue weighted by molar-refractivity contribution is 0.0656. The van der Waals surface area contributed by atoms with Gasteiger partial charge >= 0.3 is 0 Å². The van der Waals surface area contributed by atoms with Crippen molar-refractivity contribution in [1.82, 2.24) is 19.7 Å². The predicted molar refractivity (Wildman–Crippen MR) is 111 cm³/mol. The van der Waals surface area contributed by atoms with E-state index >= 15 is 0 Å². The normalized spacial score (nSPS) is 21.2. The zero-order chi connectivity index (χ0) is 19.8. The van der Waals surface area contributed by atoms with Crippen LogP contribution in [0, 0.1) is 12.8 Å². The molecule has 2 aromatic heterocycles. The predicted octanol–water partition coefficient (Wildman–Crippen LogP) is 4.78. The third-order valence-electron chi connectivity index (χ3n) is 6.61. The van der Waals surface area contributed by atoms with Crippen LogP contribution in [0.2, 0.25) is 0 Å². The molecule has 0 unspecified atom stereocenters. The molecule has 0 bridgehead atoms. The van der Waals surface area contributed by atoms with Gasteiger partial charge in [-0.05, 0) is 85.1 Å². The molecule has 2 heterocycles. The SMILES string of the molecule is Cc1nn(C(C)(C)C)c2nc(C3CC3)cc(C(=O)N(C3CC3)[C@@H](C)C3CC3)c12. The summed E-state index contributed by atoms with van der Waals surface area (Å²) in [5, 5.41) is 5.78. The van der Waals surface area contributed by atoms with Crippen LogP contribution in [0.5, 0.6) is 0 Å². The molecule has 0 radical (unpaired) electrons. The molecule has 2 aromatic rings. The lowest BCUT2D eigenvalue weighted by Crippen LogP contribution is -2.41. The monoisotopic (exact) mass is 380 g/mol. The first kappa shape index (κ1) is 18.1. The molecule has 150 valence electrons. The van der Waals surface area contributed by atoms with Crippen molar-refractivity contribution in [3.63, 3.8) is 0 Å². The van der Waals surface area contributed by atoms with Crippen LogP contribution in [-0.4, -0.2) is 37.7 Å². The zero-order valence-corrected chi connectivity index (χ0v) is 17.8. The summed E-state index contributed by atoms with van der Waals surface area (Å²) >= 11 is 0. The number of nitrogens with zero attached hydrogens (tertiary/aromatic N) is 4. The van der Waals surface area contributed by atoms with E-state index in [0.29, 0.717) is 23.9 Å². The highest BCUT2D eigenvalue weighted by Crippen LogP contribution is 2.43. The second kappa shape index (κ2) is 6.04. The summed E-state index contributed by atoms with van der Waals surface area (Å²) in [6.45, 7) is 10.7. The molecular formula is C23H32N4O. The molecule has 3 aliphatic carbocycles. The maximum absolute atomic E-state index is 13.9. The van der Waals surface area contributed by atoms with E-state index in [1.165, 1.54) is 25.7 Å². The third kappa shape index (κ3) is 3.03. The lowest BCUT2D eigenvalue weighted by Gasteiger charge is -2.30. The smallest absolute Gasteiger partial charge is 0.255 e. The van der Waals surface area contributed by atoms with Gasteiger partial charge in [0.05, 0.1) is 22.2 Å². The van der Waals surface area contributed by atoms with Crippen LogP contribution in [0.25, 0.3) is 11.0 Å². The van der Waals surface area contributed by atoms with Gasteiger partial charge in [0, 0.05) is 23.7 Å². The van der Waals surface area contributed by atoms with E-state index in [-0.39, 0.29) is 11.4 Å². The number of carbonyl (C=O) groups excluding carboxylic acids is 1. The molecule has 5 rings (SSSR count). The summed E-state index contributed by atoms with van der Waals surface area (Å²) in [5.74, 6) is 1.39. The van der Waals surface area contributed by atoms with Gasteiger partial charge in [0.15, 0.2) is 5.65 Å². The number of fused-ring (bicyclic) bond motifs is 1. The molecule has 28 heavy (non-hydrogen) atoms. The first-order valence-corrected chi connectivity index (χ1v) is 11.0. The molecule has 1 atom stereocenters. The van der Waals surface area contributed by atoms with Crippen LogP contribution in [0.1, 0.15) is 93.9 Å². The highest BCUT2D eigenvalue weighted by Gasteiger charge is 2.43. The fourth-order valence-corrected chi connectivity index (χ4v) is 4.51. The lowest BCUT2D eigenvalue weighted by atomic mass is 10.0. The van der Waals surface area contributed by atoms with E-state index in [9.17, 15) is 4.79 Å². The van der Waals surface area contributed by atoms with Crippen molar-refractivity contribution in [2.75, 3.05) is 0 Å². The molecule has 1 amide bonds. The van der Waals surface area contributed by atoms with Crippen LogP contribution < -0.4 is 0 Å². The van der Waals surface area contributed by atoms with Crippen molar-refractivity contribution in [2.24, 2.45) is 5.92 Å². The highest BCUT2D eigenvalue weighted by atomic mass is 16.2. The second-order valence-corrected chi connectivity index (χ2v) is 10.3. The Kier molecular flexibility index (Phi) is 3.91. The van der Waals surface area contributed by atoms with Crippen LogP contribution in [-0.2, 0) is 5.54 Å². The topological polar surface area (TPSA) is 51.0 Å². The number of carbonyl (C=O) groups is 1. The maximum Gasteiger partial charge on any atom is 0.255 e. The average Bonchev–Trinajstić information content (AvgIpc) is 3.49. The molecule has 0 aliphatic heterocycles. The second-order valence-electron chi connectivity index (χ2n) is 10.3. The summed E-state index contributed by atoms with van der Waals surface area (Å²) in [5.41, 5.74) is 3.54. The minimum absolute atomic E-state index is 0.167. The molecule has 5 nitrogen and oxygen atoms in total. The van der Waals surface area contributed by atoms with Crippen molar-refractivity contribution in [3.8, 4) is 0 Å². The summed E-state index contributed by atoms with van der Waals surface area (Å²) < 4.78 is 2.02. The van der Waals surface area contributed by atoms with Crippen molar-refractivity contribution < 1.29 is 4.79 Å². The molecule has 3 saturated carbocycles. The molecule has 3 aliphatic rings. The minimum Gasteiger partial charge on any atom is -0.333 e. The fourth-order valence-electron chi connectivity index (χ4n) is 4.51. The Labute approximate surface area is 167 Å². The number of aryl methyl sites for hydroxylation is 1. The van der Waals surface area contributed by atoms with Crippen LogP contribution in [0.4, 0.5) is 0 Å². The number of aromatic nitrogens is 3. The first-order valence-electron chi connectivity index (χ1n) is 11.0. The van der Waals surface area contributed by atoms with Crippen molar-refractivity contribution in [1.29, 1.82) is 0 Å². The van der Waals surface area contributed by atoms with Gasteiger partial charge < -0.3 is 4.90 Å². The molecule has 0 spiro atoms. The molecule has 5 heteroatoms. The van der Waals surface area contributed by atoms with E-state index in [2.05, 4.69) is 38.7 Å². The molecular weight excluding hydrogens is 348 g/mol. The van der Waals surface area contributed by atoms with Gasteiger partial charge in [-0.1, -0.05) is 0 Å². The van der Waals surface area contributed by atoms with Gasteiger partial charge in [-0.2, -0.15) is 5.10 Å². The number of amides is 1. The quantitative estimate of drug-likeness (QED) is 0.750. The number of pyridine rings is 1. The van der Waals surface area contributed by atoms with E-state index in [1.807, 2.05) is 11.6 Å². The van der Waals surface area contributed by atoms with Crippen molar-refractivity contribution >= 4 is 16.9 Å². The van der Waals surface area contributed by atoms with Crippen LogP contribution >= 0.6 is 0 Å². The first-order chi connectivity index (χ1) is 13.3. The van der Waals surface area contributed by atoms with E-state index < -0.39 is 0 Å². The van der Waals surface area contributed by atoms with Gasteiger partial charge in [0.25, 0.3) is 5.91 Å². The number of hydrogen-bond donors (Lipinski definition) is 0. The summed E-state index contributed by atoms with van der Waals surface area (Å²) in [6.07, 6.45) is 7.17. The van der Waals surface area contributed by atoms with E-state index in [1.54, 1.807) is 0 Å². The maximum atomic E-state index is 13.9. The Morgan fingerprint density at radius 2 is 1.86 bits per heavy atom. The zero-order valence-electron chi connectivity index (χ0n) is 17.8. The van der Waals surface area contributed by atoms with E-state index in [0.717, 1.165) is 40.8 Å². The van der Waals surface area contributed by atoms with Gasteiger partial charge in [-0.15, -0.1) is 0 Å². The fraction of sp³-hybridized carbons (Fsp3) is 0.696. The Balaban J connectivity index is 1.67. The highest BCUT2D eigenvalue weighted by molar-refractivity contribution is 6.07. The summed E-state index contributed by atoms with van der Waals surface area (Å²) in [6, 6.07) is 2.86. The Morgan fingerprint density at radius 3 is 2.39 bits per heavy atom. The summed E-state index contributed by atoms with van der Waals surface area (Å²) in [7, 11) is 0. The molecule has 0 saturated heterocycles. The Hall–Kier alpha value is -1.91. The molecule has 0 aromatic carbocycles. The Bertz CT molecular complexity index is 942. The number of rotatable bonds is 5. The molecule has 0 N–H and O–H groups in total. The van der Waals surface area contributed by atoms with Crippen LogP contribution in [0.3, 0.4) is 0 Å². The van der Waals surface area contributed by atoms with Gasteiger partial charge in [0.2, 0.25) is 0 Å². The summed E-state index contributed by atoms with van der Waals surface area (Å²) in [4.78, 5) is 21.1. The Morgan fingerprint density at radius 1 is 1.18 bits per heavy atom. The van der Waals surface area contributed by atoms with Crippen molar-refractivity contribution in [3.05, 3.63) is 23.0 Å². The largest absolute Gasteiger partial charge is 0.333 e. The minimum atomic E-state index is -0.167. The molecule has 3 fully saturated rings. The number of hydrogen-bond acceptors (Lipinski definition) is 3. The van der Waals surface area contributed by atoms with E-state index in [4.69, 9.17) is 10.1 Å². The average molecular weight is 381 g/mol. The van der Waals surface area contributed by atoms with Crippen LogP contribution in [0.15, 0.2) is 6.07 Å². The standard InChI is InChI=1S/C23H32N4O/c1-13-20-18(22(28)26(17-10-11-17)14(2)15-6-7-15)12-19(16-8-9-16)24-21(20)27(25-13)23(3,4)5/h12,14-17H,6-11H2,1-5H3/t14-/m0/s1. The van der Waals surface area contributed by atoms with Gasteiger partial charge in [-0.3, -0.25) is 4.79 Å².